The lowest BCUT2D eigenvalue weighted by atomic mass is 9.96. The van der Waals surface area contributed by atoms with E-state index in [0.29, 0.717) is 17.9 Å². The van der Waals surface area contributed by atoms with Gasteiger partial charge in [-0.3, -0.25) is 0 Å². The van der Waals surface area contributed by atoms with Crippen LogP contribution >= 0.6 is 0 Å². The smallest absolute Gasteiger partial charge is 0.226 e. The van der Waals surface area contributed by atoms with Crippen molar-refractivity contribution in [2.24, 2.45) is 0 Å². The summed E-state index contributed by atoms with van der Waals surface area (Å²) in [6.45, 7) is 1.93. The van der Waals surface area contributed by atoms with Crippen LogP contribution in [0.1, 0.15) is 36.9 Å². The Morgan fingerprint density at radius 1 is 1.16 bits per heavy atom. The highest BCUT2D eigenvalue weighted by atomic mass is 16.5. The van der Waals surface area contributed by atoms with E-state index in [0.717, 1.165) is 44.6 Å². The van der Waals surface area contributed by atoms with Crippen molar-refractivity contribution in [2.45, 2.75) is 44.6 Å². The Balaban J connectivity index is 1.36. The fourth-order valence-corrected chi connectivity index (χ4v) is 3.59. The second kappa shape index (κ2) is 7.21. The summed E-state index contributed by atoms with van der Waals surface area (Å²) in [5, 5.41) is 12.3. The molecule has 2 aliphatic rings. The maximum atomic E-state index is 5.15. The van der Waals surface area contributed by atoms with Crippen molar-refractivity contribution in [3.63, 3.8) is 0 Å². The minimum atomic E-state index is 0.369. The molecule has 2 aromatic rings. The van der Waals surface area contributed by atoms with E-state index >= 15 is 0 Å². The summed E-state index contributed by atoms with van der Waals surface area (Å²) in [4.78, 5) is 10.9. The standard InChI is InChI=1S/C18H24N6O/c1-25-17-6-9-19-18(21-17)20-14-7-10-24(11-8-14)16-12-13-4-2-3-5-15(13)22-23-16/h6,9,12,14H,2-5,7-8,10-11H2,1H3,(H,19,20,21). The van der Waals surface area contributed by atoms with Gasteiger partial charge in [0.2, 0.25) is 11.8 Å². The predicted molar refractivity (Wildman–Crippen MR) is 96.1 cm³/mol. The average Bonchev–Trinajstić information content (AvgIpc) is 2.68. The lowest BCUT2D eigenvalue weighted by Crippen LogP contribution is -2.40. The molecule has 1 saturated heterocycles. The molecule has 0 bridgehead atoms. The van der Waals surface area contributed by atoms with E-state index in [1.54, 1.807) is 19.4 Å². The summed E-state index contributed by atoms with van der Waals surface area (Å²) < 4.78 is 5.15. The van der Waals surface area contributed by atoms with Crippen LogP contribution in [0.4, 0.5) is 11.8 Å². The monoisotopic (exact) mass is 340 g/mol. The van der Waals surface area contributed by atoms with Gasteiger partial charge in [0.15, 0.2) is 5.82 Å². The normalized spacial score (nSPS) is 17.9. The number of fused-ring (bicyclic) bond motifs is 1. The third-order valence-electron chi connectivity index (χ3n) is 5.05. The molecule has 3 heterocycles. The first-order chi connectivity index (χ1) is 12.3. The zero-order chi connectivity index (χ0) is 17.1. The Morgan fingerprint density at radius 2 is 2.00 bits per heavy atom. The minimum absolute atomic E-state index is 0.369. The maximum absolute atomic E-state index is 5.15. The van der Waals surface area contributed by atoms with Gasteiger partial charge in [-0.05, 0) is 50.2 Å². The molecule has 0 amide bonds. The molecule has 7 nitrogen and oxygen atoms in total. The van der Waals surface area contributed by atoms with Crippen LogP contribution in [0.15, 0.2) is 18.3 Å². The van der Waals surface area contributed by atoms with Crippen LogP contribution in [0.25, 0.3) is 0 Å². The Labute approximate surface area is 147 Å². The summed E-state index contributed by atoms with van der Waals surface area (Å²) in [6.07, 6.45) is 8.50. The van der Waals surface area contributed by atoms with Crippen LogP contribution in [0.3, 0.4) is 0 Å². The van der Waals surface area contributed by atoms with Gasteiger partial charge >= 0.3 is 0 Å². The Kier molecular flexibility index (Phi) is 4.63. The molecule has 0 spiro atoms. The van der Waals surface area contributed by atoms with Crippen molar-refractivity contribution in [3.8, 4) is 5.88 Å². The summed E-state index contributed by atoms with van der Waals surface area (Å²) in [5.41, 5.74) is 2.59. The third-order valence-corrected chi connectivity index (χ3v) is 5.05. The number of aryl methyl sites for hydroxylation is 2. The van der Waals surface area contributed by atoms with E-state index in [-0.39, 0.29) is 0 Å². The second-order valence-electron chi connectivity index (χ2n) is 6.71. The van der Waals surface area contributed by atoms with Crippen molar-refractivity contribution < 1.29 is 4.74 Å². The molecule has 4 rings (SSSR count). The van der Waals surface area contributed by atoms with Crippen LogP contribution in [0, 0.1) is 0 Å². The molecular weight excluding hydrogens is 316 g/mol. The fourth-order valence-electron chi connectivity index (χ4n) is 3.59. The van der Waals surface area contributed by atoms with Gasteiger partial charge in [0.1, 0.15) is 0 Å². The van der Waals surface area contributed by atoms with E-state index in [1.165, 1.54) is 24.1 Å². The predicted octanol–water partition coefficient (Wildman–Crippen LogP) is 2.23. The van der Waals surface area contributed by atoms with Crippen LogP contribution in [-0.4, -0.2) is 46.4 Å². The first-order valence-corrected chi connectivity index (χ1v) is 9.06. The number of aromatic nitrogens is 4. The van der Waals surface area contributed by atoms with E-state index in [1.807, 2.05) is 0 Å². The molecule has 132 valence electrons. The van der Waals surface area contributed by atoms with Gasteiger partial charge < -0.3 is 15.0 Å². The minimum Gasteiger partial charge on any atom is -0.481 e. The molecule has 0 unspecified atom stereocenters. The number of anilines is 2. The highest BCUT2D eigenvalue weighted by Crippen LogP contribution is 2.24. The van der Waals surface area contributed by atoms with E-state index in [2.05, 4.69) is 36.4 Å². The summed E-state index contributed by atoms with van der Waals surface area (Å²) >= 11 is 0. The molecule has 25 heavy (non-hydrogen) atoms. The lowest BCUT2D eigenvalue weighted by Gasteiger charge is -2.33. The number of hydrogen-bond acceptors (Lipinski definition) is 7. The first-order valence-electron chi connectivity index (χ1n) is 9.06. The number of methoxy groups -OCH3 is 1. The maximum Gasteiger partial charge on any atom is 0.226 e. The zero-order valence-electron chi connectivity index (χ0n) is 14.6. The van der Waals surface area contributed by atoms with Gasteiger partial charge in [-0.2, -0.15) is 10.1 Å². The number of nitrogens with one attached hydrogen (secondary N) is 1. The summed E-state index contributed by atoms with van der Waals surface area (Å²) in [5.74, 6) is 2.24. The fraction of sp³-hybridized carbons (Fsp3) is 0.556. The second-order valence-corrected chi connectivity index (χ2v) is 6.71. The SMILES string of the molecule is COc1ccnc(NC2CCN(c3cc4c(nn3)CCCC4)CC2)n1. The Bertz CT molecular complexity index is 729. The summed E-state index contributed by atoms with van der Waals surface area (Å²) in [7, 11) is 1.62. The highest BCUT2D eigenvalue weighted by molar-refractivity contribution is 5.43. The topological polar surface area (TPSA) is 76.1 Å². The Hall–Kier alpha value is -2.44. The molecule has 7 heteroatoms. The molecule has 1 aliphatic heterocycles. The molecule has 1 N–H and O–H groups in total. The number of rotatable bonds is 4. The number of piperidine rings is 1. The van der Waals surface area contributed by atoms with Crippen LogP contribution < -0.4 is 15.0 Å². The van der Waals surface area contributed by atoms with Gasteiger partial charge in [-0.25, -0.2) is 4.98 Å². The van der Waals surface area contributed by atoms with Crippen molar-refractivity contribution >= 4 is 11.8 Å². The Morgan fingerprint density at radius 3 is 2.84 bits per heavy atom. The molecule has 0 atom stereocenters. The molecule has 1 fully saturated rings. The number of ether oxygens (including phenoxy) is 1. The molecule has 0 radical (unpaired) electrons. The van der Waals surface area contributed by atoms with Crippen molar-refractivity contribution in [1.29, 1.82) is 0 Å². The number of hydrogen-bond donors (Lipinski definition) is 1. The van der Waals surface area contributed by atoms with Gasteiger partial charge in [0, 0.05) is 31.4 Å². The molecule has 0 aromatic carbocycles. The molecule has 2 aromatic heterocycles. The molecular formula is C18H24N6O. The van der Waals surface area contributed by atoms with Gasteiger partial charge in [0.05, 0.1) is 12.8 Å². The van der Waals surface area contributed by atoms with E-state index in [4.69, 9.17) is 4.74 Å². The van der Waals surface area contributed by atoms with Crippen LogP contribution in [-0.2, 0) is 12.8 Å². The lowest BCUT2D eigenvalue weighted by molar-refractivity contribution is 0.397. The largest absolute Gasteiger partial charge is 0.481 e. The van der Waals surface area contributed by atoms with Crippen LogP contribution in [0.2, 0.25) is 0 Å². The van der Waals surface area contributed by atoms with Crippen LogP contribution in [0.5, 0.6) is 5.88 Å². The van der Waals surface area contributed by atoms with Crippen molar-refractivity contribution in [1.82, 2.24) is 20.2 Å². The quantitative estimate of drug-likeness (QED) is 0.914. The number of nitrogens with zero attached hydrogens (tertiary/aromatic N) is 5. The van der Waals surface area contributed by atoms with Gasteiger partial charge in [-0.15, -0.1) is 5.10 Å². The van der Waals surface area contributed by atoms with E-state index < -0.39 is 0 Å². The average molecular weight is 340 g/mol. The molecule has 1 aliphatic carbocycles. The van der Waals surface area contributed by atoms with E-state index in [9.17, 15) is 0 Å². The van der Waals surface area contributed by atoms with Crippen molar-refractivity contribution in [2.75, 3.05) is 30.4 Å². The first kappa shape index (κ1) is 16.1. The third kappa shape index (κ3) is 3.65. The summed E-state index contributed by atoms with van der Waals surface area (Å²) in [6, 6.07) is 4.37. The van der Waals surface area contributed by atoms with Gasteiger partial charge in [-0.1, -0.05) is 0 Å². The highest BCUT2D eigenvalue weighted by Gasteiger charge is 2.22. The molecule has 0 saturated carbocycles. The zero-order valence-corrected chi connectivity index (χ0v) is 14.6. The van der Waals surface area contributed by atoms with Gasteiger partial charge in [0.25, 0.3) is 0 Å². The van der Waals surface area contributed by atoms with Crippen molar-refractivity contribution in [3.05, 3.63) is 29.6 Å².